The average molecular weight is 230 g/mol. The highest BCUT2D eigenvalue weighted by atomic mass is 16.6. The maximum absolute atomic E-state index is 5.38. The van der Waals surface area contributed by atoms with Gasteiger partial charge in [0.05, 0.1) is 6.67 Å². The van der Waals surface area contributed by atoms with Crippen molar-refractivity contribution in [2.45, 2.75) is 6.92 Å². The molecular weight excluding hydrogens is 216 g/mol. The Morgan fingerprint density at radius 1 is 1.53 bits per heavy atom. The van der Waals surface area contributed by atoms with E-state index in [-0.39, 0.29) is 6.67 Å². The van der Waals surface area contributed by atoms with Gasteiger partial charge in [0, 0.05) is 29.4 Å². The average Bonchev–Trinajstić information content (AvgIpc) is 2.71. The van der Waals surface area contributed by atoms with Crippen molar-refractivity contribution < 1.29 is 4.84 Å². The van der Waals surface area contributed by atoms with Gasteiger partial charge in [-0.15, -0.1) is 0 Å². The molecule has 17 heavy (non-hydrogen) atoms. The fourth-order valence-corrected chi connectivity index (χ4v) is 1.71. The number of benzene rings is 1. The van der Waals surface area contributed by atoms with E-state index in [0.717, 1.165) is 16.5 Å². The monoisotopic (exact) mass is 230 g/mol. The van der Waals surface area contributed by atoms with Gasteiger partial charge in [-0.05, 0) is 30.7 Å². The molecule has 0 fully saturated rings. The highest BCUT2D eigenvalue weighted by Crippen LogP contribution is 2.19. The predicted octanol–water partition coefficient (Wildman–Crippen LogP) is 1.77. The fraction of sp³-hybridized carbons (Fsp3) is 0.167. The van der Waals surface area contributed by atoms with Crippen LogP contribution in [0.1, 0.15) is 11.1 Å². The molecule has 3 N–H and O–H groups in total. The summed E-state index contributed by atoms with van der Waals surface area (Å²) in [4.78, 5) is 12.2. The summed E-state index contributed by atoms with van der Waals surface area (Å²) in [5.74, 6) is 0.380. The van der Waals surface area contributed by atoms with Gasteiger partial charge in [0.2, 0.25) is 0 Å². The molecule has 0 aliphatic carbocycles. The van der Waals surface area contributed by atoms with E-state index in [0.29, 0.717) is 5.90 Å². The number of oxime groups is 1. The van der Waals surface area contributed by atoms with Crippen LogP contribution in [0.4, 0.5) is 0 Å². The molecule has 1 aromatic heterocycles. The molecule has 0 unspecified atom stereocenters. The number of H-pyrrole nitrogens is 1. The number of aliphatic imine (C=N–C) groups is 1. The summed E-state index contributed by atoms with van der Waals surface area (Å²) in [5, 5.41) is 4.50. The number of nitrogens with zero attached hydrogens (tertiary/aromatic N) is 2. The Labute approximate surface area is 99.0 Å². The van der Waals surface area contributed by atoms with Gasteiger partial charge < -0.3 is 15.6 Å². The number of nitrogens with one attached hydrogen (secondary N) is 1. The molecule has 0 radical (unpaired) electrons. The van der Waals surface area contributed by atoms with Crippen LogP contribution in [0.15, 0.2) is 34.5 Å². The number of nitrogens with two attached hydrogens (primary N) is 1. The summed E-state index contributed by atoms with van der Waals surface area (Å²) < 4.78 is 0. The molecule has 5 heteroatoms. The highest BCUT2D eigenvalue weighted by molar-refractivity contribution is 5.98. The van der Waals surface area contributed by atoms with Crippen LogP contribution in [0.3, 0.4) is 0 Å². The minimum Gasteiger partial charge on any atom is -0.361 e. The van der Waals surface area contributed by atoms with Crippen LogP contribution in [0.5, 0.6) is 0 Å². The van der Waals surface area contributed by atoms with Crippen LogP contribution in [0.25, 0.3) is 10.9 Å². The lowest BCUT2D eigenvalue weighted by molar-refractivity contribution is 0.332. The SMILES string of the molecule is C=NO/C(=N\CN)c1ccc2[nH]cc(C)c2c1. The van der Waals surface area contributed by atoms with Crippen LogP contribution >= 0.6 is 0 Å². The third-order valence-corrected chi connectivity index (χ3v) is 2.52. The summed E-state index contributed by atoms with van der Waals surface area (Å²) in [5.41, 5.74) is 8.46. The number of aromatic amines is 1. The molecule has 0 aliphatic rings. The van der Waals surface area contributed by atoms with Gasteiger partial charge in [-0.25, -0.2) is 4.99 Å². The largest absolute Gasteiger partial charge is 0.361 e. The number of hydrogen-bond donors (Lipinski definition) is 2. The molecule has 0 amide bonds. The molecule has 0 aliphatic heterocycles. The van der Waals surface area contributed by atoms with E-state index in [2.05, 4.69) is 21.8 Å². The highest BCUT2D eigenvalue weighted by Gasteiger charge is 2.07. The molecule has 88 valence electrons. The van der Waals surface area contributed by atoms with E-state index in [1.54, 1.807) is 0 Å². The summed E-state index contributed by atoms with van der Waals surface area (Å²) in [7, 11) is 0. The number of aryl methyl sites for hydroxylation is 1. The third kappa shape index (κ3) is 2.19. The zero-order valence-electron chi connectivity index (χ0n) is 9.60. The van der Waals surface area contributed by atoms with E-state index in [1.807, 2.05) is 31.3 Å². The molecule has 0 bridgehead atoms. The van der Waals surface area contributed by atoms with E-state index in [4.69, 9.17) is 10.6 Å². The van der Waals surface area contributed by atoms with Crippen LogP contribution < -0.4 is 5.73 Å². The van der Waals surface area contributed by atoms with Crippen molar-refractivity contribution in [2.75, 3.05) is 6.67 Å². The summed E-state index contributed by atoms with van der Waals surface area (Å²) in [6.45, 7) is 5.46. The van der Waals surface area contributed by atoms with Crippen LogP contribution in [0.2, 0.25) is 0 Å². The predicted molar refractivity (Wildman–Crippen MR) is 69.3 cm³/mol. The number of fused-ring (bicyclic) bond motifs is 1. The lowest BCUT2D eigenvalue weighted by atomic mass is 10.1. The second-order valence-corrected chi connectivity index (χ2v) is 3.60. The number of hydrogen-bond acceptors (Lipinski definition) is 4. The van der Waals surface area contributed by atoms with Gasteiger partial charge in [0.15, 0.2) is 0 Å². The van der Waals surface area contributed by atoms with Gasteiger partial charge in [-0.2, -0.15) is 0 Å². The number of rotatable bonds is 3. The normalized spacial score (nSPS) is 11.8. The quantitative estimate of drug-likeness (QED) is 0.479. The van der Waals surface area contributed by atoms with Crippen LogP contribution in [-0.2, 0) is 4.84 Å². The van der Waals surface area contributed by atoms with Crippen LogP contribution in [-0.4, -0.2) is 24.3 Å². The first-order chi connectivity index (χ1) is 8.26. The lowest BCUT2D eigenvalue weighted by Gasteiger charge is -2.03. The Kier molecular flexibility index (Phi) is 3.20. The molecular formula is C12H14N4O. The van der Waals surface area contributed by atoms with Gasteiger partial charge in [0.25, 0.3) is 5.90 Å². The molecule has 2 rings (SSSR count). The Morgan fingerprint density at radius 2 is 2.35 bits per heavy atom. The second-order valence-electron chi connectivity index (χ2n) is 3.60. The molecule has 0 saturated heterocycles. The summed E-state index contributed by atoms with van der Waals surface area (Å²) in [6, 6.07) is 5.86. The van der Waals surface area contributed by atoms with Gasteiger partial charge in [-0.1, -0.05) is 5.16 Å². The van der Waals surface area contributed by atoms with E-state index >= 15 is 0 Å². The minimum atomic E-state index is 0.148. The maximum Gasteiger partial charge on any atom is 0.252 e. The van der Waals surface area contributed by atoms with Crippen LogP contribution in [0, 0.1) is 6.92 Å². The molecule has 0 atom stereocenters. The second kappa shape index (κ2) is 4.80. The Hall–Kier alpha value is -2.14. The zero-order valence-corrected chi connectivity index (χ0v) is 9.60. The first kappa shape index (κ1) is 11.3. The molecule has 0 saturated carbocycles. The van der Waals surface area contributed by atoms with E-state index in [9.17, 15) is 0 Å². The van der Waals surface area contributed by atoms with E-state index < -0.39 is 0 Å². The third-order valence-electron chi connectivity index (χ3n) is 2.52. The fourth-order valence-electron chi connectivity index (χ4n) is 1.71. The Morgan fingerprint density at radius 3 is 3.06 bits per heavy atom. The van der Waals surface area contributed by atoms with Crippen molar-refractivity contribution in [3.63, 3.8) is 0 Å². The lowest BCUT2D eigenvalue weighted by Crippen LogP contribution is -2.07. The first-order valence-corrected chi connectivity index (χ1v) is 5.22. The van der Waals surface area contributed by atoms with Gasteiger partial charge in [0.1, 0.15) is 0 Å². The topological polar surface area (TPSA) is 75.8 Å². The van der Waals surface area contributed by atoms with Gasteiger partial charge >= 0.3 is 0 Å². The van der Waals surface area contributed by atoms with Crippen molar-refractivity contribution in [3.8, 4) is 0 Å². The molecule has 5 nitrogen and oxygen atoms in total. The molecule has 2 aromatic rings. The number of aromatic nitrogens is 1. The molecule has 1 heterocycles. The Balaban J connectivity index is 2.49. The van der Waals surface area contributed by atoms with Crippen molar-refractivity contribution in [1.82, 2.24) is 4.98 Å². The summed E-state index contributed by atoms with van der Waals surface area (Å²) >= 11 is 0. The van der Waals surface area contributed by atoms with E-state index in [1.165, 1.54) is 5.56 Å². The summed E-state index contributed by atoms with van der Waals surface area (Å²) in [6.07, 6.45) is 1.96. The Bertz CT molecular complexity index is 571. The first-order valence-electron chi connectivity index (χ1n) is 5.22. The standard InChI is InChI=1S/C12H14N4O/c1-8-6-15-11-4-3-9(5-10(8)11)12(16-7-13)17-14-2/h3-6,15H,2,7,13H2,1H3/b16-12-. The van der Waals surface area contributed by atoms with Crippen molar-refractivity contribution >= 4 is 23.5 Å². The van der Waals surface area contributed by atoms with Crippen molar-refractivity contribution in [1.29, 1.82) is 0 Å². The molecule has 0 spiro atoms. The van der Waals surface area contributed by atoms with Crippen molar-refractivity contribution in [2.24, 2.45) is 15.9 Å². The maximum atomic E-state index is 5.38. The smallest absolute Gasteiger partial charge is 0.252 e. The zero-order chi connectivity index (χ0) is 12.3. The van der Waals surface area contributed by atoms with Crippen molar-refractivity contribution in [3.05, 3.63) is 35.5 Å². The van der Waals surface area contributed by atoms with Gasteiger partial charge in [-0.3, -0.25) is 0 Å². The minimum absolute atomic E-state index is 0.148. The molecule has 1 aromatic carbocycles.